The van der Waals surface area contributed by atoms with E-state index in [1.54, 1.807) is 4.90 Å². The van der Waals surface area contributed by atoms with Crippen LogP contribution in [0.2, 0.25) is 0 Å². The zero-order valence-corrected chi connectivity index (χ0v) is 18.1. The zero-order chi connectivity index (χ0) is 21.4. The Morgan fingerprint density at radius 3 is 2.24 bits per heavy atom. The van der Waals surface area contributed by atoms with Crippen LogP contribution < -0.4 is 10.1 Å². The van der Waals surface area contributed by atoms with Gasteiger partial charge in [0.05, 0.1) is 0 Å². The SMILES string of the molecule is CCNC(=O)[C@H](CC)N(Cc1ccc(C)cc1)C(=O)COc1ccc(C)cc1C. The quantitative estimate of drug-likeness (QED) is 0.699. The van der Waals surface area contributed by atoms with Crippen molar-refractivity contribution in [2.45, 2.75) is 53.6 Å². The fourth-order valence-electron chi connectivity index (χ4n) is 3.29. The van der Waals surface area contributed by atoms with Gasteiger partial charge in [-0.1, -0.05) is 54.4 Å². The van der Waals surface area contributed by atoms with Crippen molar-refractivity contribution < 1.29 is 14.3 Å². The summed E-state index contributed by atoms with van der Waals surface area (Å²) in [6, 6.07) is 13.3. The van der Waals surface area contributed by atoms with Gasteiger partial charge in [0, 0.05) is 13.1 Å². The Morgan fingerprint density at radius 2 is 1.66 bits per heavy atom. The van der Waals surface area contributed by atoms with E-state index in [4.69, 9.17) is 4.74 Å². The molecule has 0 heterocycles. The topological polar surface area (TPSA) is 58.6 Å². The van der Waals surface area contributed by atoms with E-state index in [2.05, 4.69) is 5.32 Å². The number of likely N-dealkylation sites (N-methyl/N-ethyl adjacent to an activating group) is 1. The van der Waals surface area contributed by atoms with Crippen LogP contribution in [0.4, 0.5) is 0 Å². The van der Waals surface area contributed by atoms with Gasteiger partial charge in [-0.05, 0) is 51.3 Å². The second kappa shape index (κ2) is 10.6. The van der Waals surface area contributed by atoms with Crippen LogP contribution in [0.25, 0.3) is 0 Å². The molecule has 0 bridgehead atoms. The number of carbonyl (C=O) groups excluding carboxylic acids is 2. The average molecular weight is 397 g/mol. The van der Waals surface area contributed by atoms with E-state index in [9.17, 15) is 9.59 Å². The molecular formula is C24H32N2O3. The smallest absolute Gasteiger partial charge is 0.261 e. The van der Waals surface area contributed by atoms with Crippen LogP contribution in [0.1, 0.15) is 42.5 Å². The molecule has 0 aliphatic rings. The van der Waals surface area contributed by atoms with E-state index in [1.165, 1.54) is 0 Å². The number of nitrogens with zero attached hydrogens (tertiary/aromatic N) is 1. The minimum absolute atomic E-state index is 0.105. The Morgan fingerprint density at radius 1 is 1.00 bits per heavy atom. The van der Waals surface area contributed by atoms with Crippen LogP contribution >= 0.6 is 0 Å². The van der Waals surface area contributed by atoms with Gasteiger partial charge < -0.3 is 15.0 Å². The zero-order valence-electron chi connectivity index (χ0n) is 18.1. The number of amides is 2. The summed E-state index contributed by atoms with van der Waals surface area (Å²) in [6.45, 7) is 10.6. The molecule has 0 aliphatic heterocycles. The van der Waals surface area contributed by atoms with Gasteiger partial charge in [0.1, 0.15) is 11.8 Å². The summed E-state index contributed by atoms with van der Waals surface area (Å²) in [5.41, 5.74) is 4.27. The van der Waals surface area contributed by atoms with E-state index in [0.29, 0.717) is 25.3 Å². The van der Waals surface area contributed by atoms with Crippen molar-refractivity contribution in [3.8, 4) is 5.75 Å². The second-order valence-corrected chi connectivity index (χ2v) is 7.38. The highest BCUT2D eigenvalue weighted by atomic mass is 16.5. The first-order chi connectivity index (χ1) is 13.8. The molecule has 0 unspecified atom stereocenters. The lowest BCUT2D eigenvalue weighted by molar-refractivity contribution is -0.142. The molecule has 1 N–H and O–H groups in total. The maximum atomic E-state index is 13.1. The third-order valence-corrected chi connectivity index (χ3v) is 4.89. The average Bonchev–Trinajstić information content (AvgIpc) is 2.68. The molecule has 0 saturated carbocycles. The predicted octanol–water partition coefficient (Wildman–Crippen LogP) is 3.93. The summed E-state index contributed by atoms with van der Waals surface area (Å²) < 4.78 is 5.80. The number of hydrogen-bond acceptors (Lipinski definition) is 3. The van der Waals surface area contributed by atoms with Crippen LogP contribution in [0, 0.1) is 20.8 Å². The second-order valence-electron chi connectivity index (χ2n) is 7.38. The highest BCUT2D eigenvalue weighted by Crippen LogP contribution is 2.19. The van der Waals surface area contributed by atoms with E-state index in [0.717, 1.165) is 22.3 Å². The van der Waals surface area contributed by atoms with Crippen molar-refractivity contribution >= 4 is 11.8 Å². The highest BCUT2D eigenvalue weighted by molar-refractivity contribution is 5.88. The van der Waals surface area contributed by atoms with Crippen molar-refractivity contribution in [1.29, 1.82) is 0 Å². The van der Waals surface area contributed by atoms with Gasteiger partial charge in [-0.3, -0.25) is 9.59 Å². The third kappa shape index (κ3) is 6.34. The molecule has 0 spiro atoms. The normalized spacial score (nSPS) is 11.6. The number of nitrogens with one attached hydrogen (secondary N) is 1. The largest absolute Gasteiger partial charge is 0.483 e. The first kappa shape index (κ1) is 22.5. The van der Waals surface area contributed by atoms with Crippen LogP contribution in [0.3, 0.4) is 0 Å². The molecule has 29 heavy (non-hydrogen) atoms. The number of benzene rings is 2. The molecule has 2 amide bonds. The molecule has 2 aromatic rings. The molecule has 0 aromatic heterocycles. The van der Waals surface area contributed by atoms with Gasteiger partial charge in [0.15, 0.2) is 6.61 Å². The van der Waals surface area contributed by atoms with E-state index in [-0.39, 0.29) is 18.4 Å². The van der Waals surface area contributed by atoms with Gasteiger partial charge in [-0.15, -0.1) is 0 Å². The predicted molar refractivity (Wildman–Crippen MR) is 116 cm³/mol. The van der Waals surface area contributed by atoms with E-state index < -0.39 is 6.04 Å². The molecule has 1 atom stereocenters. The maximum absolute atomic E-state index is 13.1. The lowest BCUT2D eigenvalue weighted by Gasteiger charge is -2.30. The number of aryl methyl sites for hydroxylation is 3. The van der Waals surface area contributed by atoms with Crippen molar-refractivity contribution in [1.82, 2.24) is 10.2 Å². The first-order valence-electron chi connectivity index (χ1n) is 10.2. The molecule has 2 aromatic carbocycles. The van der Waals surface area contributed by atoms with Crippen LogP contribution in [0.5, 0.6) is 5.75 Å². The van der Waals surface area contributed by atoms with Crippen LogP contribution in [-0.4, -0.2) is 35.9 Å². The number of ether oxygens (including phenoxy) is 1. The molecule has 0 aliphatic carbocycles. The molecule has 0 fully saturated rings. The maximum Gasteiger partial charge on any atom is 0.261 e. The molecule has 0 saturated heterocycles. The summed E-state index contributed by atoms with van der Waals surface area (Å²) in [7, 11) is 0. The van der Waals surface area contributed by atoms with Crippen molar-refractivity contribution in [3.63, 3.8) is 0 Å². The lowest BCUT2D eigenvalue weighted by Crippen LogP contribution is -2.50. The Kier molecular flexibility index (Phi) is 8.25. The summed E-state index contributed by atoms with van der Waals surface area (Å²) >= 11 is 0. The van der Waals surface area contributed by atoms with Gasteiger partial charge in [-0.2, -0.15) is 0 Å². The number of hydrogen-bond donors (Lipinski definition) is 1. The first-order valence-corrected chi connectivity index (χ1v) is 10.2. The highest BCUT2D eigenvalue weighted by Gasteiger charge is 2.28. The molecule has 5 nitrogen and oxygen atoms in total. The Bertz CT molecular complexity index is 831. The van der Waals surface area contributed by atoms with Crippen molar-refractivity contribution in [2.24, 2.45) is 0 Å². The summed E-state index contributed by atoms with van der Waals surface area (Å²) in [5.74, 6) is 0.343. The molecule has 156 valence electrons. The standard InChI is InChI=1S/C24H32N2O3/c1-6-21(24(28)25-7-2)26(15-20-11-8-17(3)9-12-20)23(27)16-29-22-13-10-18(4)14-19(22)5/h8-14,21H,6-7,15-16H2,1-5H3,(H,25,28)/t21-/m0/s1. The molecular weight excluding hydrogens is 364 g/mol. The third-order valence-electron chi connectivity index (χ3n) is 4.89. The lowest BCUT2D eigenvalue weighted by atomic mass is 10.1. The van der Waals surface area contributed by atoms with Gasteiger partial charge in [-0.25, -0.2) is 0 Å². The van der Waals surface area contributed by atoms with Crippen LogP contribution in [-0.2, 0) is 16.1 Å². The molecule has 2 rings (SSSR count). The minimum Gasteiger partial charge on any atom is -0.483 e. The van der Waals surface area contributed by atoms with Crippen molar-refractivity contribution in [3.05, 3.63) is 64.7 Å². The van der Waals surface area contributed by atoms with Gasteiger partial charge >= 0.3 is 0 Å². The minimum atomic E-state index is -0.536. The van der Waals surface area contributed by atoms with Gasteiger partial charge in [0.25, 0.3) is 5.91 Å². The number of carbonyl (C=O) groups is 2. The monoisotopic (exact) mass is 396 g/mol. The number of rotatable bonds is 9. The summed E-state index contributed by atoms with van der Waals surface area (Å²) in [6.07, 6.45) is 0.535. The summed E-state index contributed by atoms with van der Waals surface area (Å²) in [5, 5.41) is 2.84. The fourth-order valence-corrected chi connectivity index (χ4v) is 3.29. The van der Waals surface area contributed by atoms with Crippen LogP contribution in [0.15, 0.2) is 42.5 Å². The van der Waals surface area contributed by atoms with E-state index >= 15 is 0 Å². The molecule has 0 radical (unpaired) electrons. The van der Waals surface area contributed by atoms with Gasteiger partial charge in [0.2, 0.25) is 5.91 Å². The summed E-state index contributed by atoms with van der Waals surface area (Å²) in [4.78, 5) is 27.3. The Labute approximate surface area is 174 Å². The van der Waals surface area contributed by atoms with Crippen molar-refractivity contribution in [2.75, 3.05) is 13.2 Å². The Hall–Kier alpha value is -2.82. The molecule has 5 heteroatoms. The Balaban J connectivity index is 2.20. The fraction of sp³-hybridized carbons (Fsp3) is 0.417. The van der Waals surface area contributed by atoms with E-state index in [1.807, 2.05) is 77.1 Å².